The van der Waals surface area contributed by atoms with Crippen molar-refractivity contribution in [2.24, 2.45) is 0 Å². The Balaban J connectivity index is 1.58. The maximum absolute atomic E-state index is 12.5. The first-order chi connectivity index (χ1) is 14.7. The van der Waals surface area contributed by atoms with Gasteiger partial charge in [0, 0.05) is 36.3 Å². The first kappa shape index (κ1) is 23.1. The second-order valence-electron chi connectivity index (χ2n) is 7.50. The first-order valence-electron chi connectivity index (χ1n) is 9.82. The summed E-state index contributed by atoms with van der Waals surface area (Å²) in [6, 6.07) is 11.8. The first-order valence-corrected chi connectivity index (χ1v) is 11.6. The Bertz CT molecular complexity index is 1120. The minimum absolute atomic E-state index is 0.133. The highest BCUT2D eigenvalue weighted by Gasteiger charge is 2.22. The molecular formula is C23H25ClN2O4S. The van der Waals surface area contributed by atoms with Crippen LogP contribution < -0.4 is 10.1 Å². The van der Waals surface area contributed by atoms with Gasteiger partial charge in [-0.2, -0.15) is 4.31 Å². The number of carbonyl (C=O) groups excluding carboxylic acids is 1. The Labute approximate surface area is 188 Å². The van der Waals surface area contributed by atoms with Gasteiger partial charge in [0.15, 0.2) is 0 Å². The predicted molar refractivity (Wildman–Crippen MR) is 122 cm³/mol. The highest BCUT2D eigenvalue weighted by molar-refractivity contribution is 7.89. The lowest BCUT2D eigenvalue weighted by molar-refractivity contribution is -0.116. The van der Waals surface area contributed by atoms with Gasteiger partial charge in [-0.15, -0.1) is 0 Å². The molecule has 0 radical (unpaired) electrons. The average molecular weight is 461 g/mol. The molecule has 0 spiro atoms. The summed E-state index contributed by atoms with van der Waals surface area (Å²) in [5.74, 6) is 0.505. The molecule has 1 amide bonds. The zero-order valence-electron chi connectivity index (χ0n) is 17.6. The third-order valence-electron chi connectivity index (χ3n) is 4.95. The molecule has 0 aromatic heterocycles. The maximum Gasteiger partial charge on any atom is 0.244 e. The third-order valence-corrected chi connectivity index (χ3v) is 7.23. The number of hydrogen-bond acceptors (Lipinski definition) is 4. The van der Waals surface area contributed by atoms with Gasteiger partial charge in [0.1, 0.15) is 12.4 Å². The van der Waals surface area contributed by atoms with E-state index < -0.39 is 10.0 Å². The van der Waals surface area contributed by atoms with Gasteiger partial charge >= 0.3 is 0 Å². The largest absolute Gasteiger partial charge is 0.488 e. The molecule has 1 aliphatic rings. The van der Waals surface area contributed by atoms with Crippen LogP contribution in [0.2, 0.25) is 5.02 Å². The lowest BCUT2D eigenvalue weighted by Gasteiger charge is -2.21. The molecule has 3 rings (SSSR count). The van der Waals surface area contributed by atoms with Gasteiger partial charge in [-0.05, 0) is 61.4 Å². The minimum atomic E-state index is -3.52. The van der Waals surface area contributed by atoms with Gasteiger partial charge < -0.3 is 10.1 Å². The Morgan fingerprint density at radius 2 is 1.94 bits per heavy atom. The topological polar surface area (TPSA) is 75.7 Å². The van der Waals surface area contributed by atoms with Crippen LogP contribution in [0.5, 0.6) is 5.75 Å². The Morgan fingerprint density at radius 3 is 2.61 bits per heavy atom. The molecular weight excluding hydrogens is 436 g/mol. The van der Waals surface area contributed by atoms with Gasteiger partial charge in [0.2, 0.25) is 15.9 Å². The van der Waals surface area contributed by atoms with Crippen LogP contribution in [0.3, 0.4) is 0 Å². The maximum atomic E-state index is 12.5. The zero-order valence-corrected chi connectivity index (χ0v) is 19.2. The summed E-state index contributed by atoms with van der Waals surface area (Å²) in [6.45, 7) is 4.30. The van der Waals surface area contributed by atoms with Gasteiger partial charge in [-0.25, -0.2) is 8.42 Å². The van der Waals surface area contributed by atoms with Crippen molar-refractivity contribution in [3.8, 4) is 5.75 Å². The lowest BCUT2D eigenvalue weighted by Crippen LogP contribution is -2.33. The molecule has 0 unspecified atom stereocenters. The van der Waals surface area contributed by atoms with Crippen molar-refractivity contribution >= 4 is 33.6 Å². The van der Waals surface area contributed by atoms with Crippen molar-refractivity contribution in [2.75, 3.05) is 13.7 Å². The van der Waals surface area contributed by atoms with E-state index in [4.69, 9.17) is 16.3 Å². The molecule has 2 aromatic rings. The van der Waals surface area contributed by atoms with Crippen LogP contribution in [-0.4, -0.2) is 38.3 Å². The molecule has 164 valence electrons. The van der Waals surface area contributed by atoms with Gasteiger partial charge in [0.05, 0.1) is 4.90 Å². The smallest absolute Gasteiger partial charge is 0.244 e. The van der Waals surface area contributed by atoms with Crippen molar-refractivity contribution in [1.82, 2.24) is 9.62 Å². The molecule has 1 heterocycles. The van der Waals surface area contributed by atoms with Gasteiger partial charge in [-0.3, -0.25) is 4.79 Å². The quantitative estimate of drug-likeness (QED) is 0.633. The highest BCUT2D eigenvalue weighted by Crippen LogP contribution is 2.29. The van der Waals surface area contributed by atoms with Crippen LogP contribution in [0.25, 0.3) is 6.08 Å². The molecule has 31 heavy (non-hydrogen) atoms. The van der Waals surface area contributed by atoms with E-state index in [1.807, 2.05) is 32.1 Å². The van der Waals surface area contributed by atoms with Crippen molar-refractivity contribution in [2.45, 2.75) is 31.3 Å². The standard InChI is InChI=1S/C23H25ClN2O4S/c1-16(2)26(3)31(28,29)21-8-4-17(5-9-21)14-25-23(27)11-6-18-12-19-13-20(24)7-10-22(19)30-15-18/h4-13,16H,14-15H2,1-3H3,(H,25,27)/b11-6+. The molecule has 0 saturated heterocycles. The summed E-state index contributed by atoms with van der Waals surface area (Å²) >= 11 is 6.01. The van der Waals surface area contributed by atoms with Crippen LogP contribution in [-0.2, 0) is 21.4 Å². The van der Waals surface area contributed by atoms with Crippen molar-refractivity contribution in [3.05, 3.63) is 76.3 Å². The zero-order chi connectivity index (χ0) is 22.6. The summed E-state index contributed by atoms with van der Waals surface area (Å²) in [4.78, 5) is 12.4. The average Bonchev–Trinajstić information content (AvgIpc) is 2.75. The Kier molecular flexibility index (Phi) is 7.20. The highest BCUT2D eigenvalue weighted by atomic mass is 35.5. The van der Waals surface area contributed by atoms with Crippen molar-refractivity contribution in [3.63, 3.8) is 0 Å². The molecule has 1 aliphatic heterocycles. The van der Waals surface area contributed by atoms with E-state index in [1.165, 1.54) is 10.4 Å². The molecule has 0 saturated carbocycles. The molecule has 0 fully saturated rings. The number of nitrogens with zero attached hydrogens (tertiary/aromatic N) is 1. The Hall–Kier alpha value is -2.61. The summed E-state index contributed by atoms with van der Waals surface area (Å²) in [7, 11) is -1.97. The molecule has 1 N–H and O–H groups in total. The fourth-order valence-electron chi connectivity index (χ4n) is 2.92. The third kappa shape index (κ3) is 5.76. The van der Waals surface area contributed by atoms with Crippen molar-refractivity contribution in [1.29, 1.82) is 0 Å². The summed E-state index contributed by atoms with van der Waals surface area (Å²) in [5, 5.41) is 3.41. The summed E-state index contributed by atoms with van der Waals surface area (Å²) in [6.07, 6.45) is 5.08. The number of nitrogens with one attached hydrogen (secondary N) is 1. The van der Waals surface area contributed by atoms with Crippen LogP contribution in [0.4, 0.5) is 0 Å². The molecule has 6 nitrogen and oxygen atoms in total. The number of ether oxygens (including phenoxy) is 1. The summed E-state index contributed by atoms with van der Waals surface area (Å²) in [5.41, 5.74) is 2.53. The van der Waals surface area contributed by atoms with E-state index in [0.717, 1.165) is 22.4 Å². The number of carbonyl (C=O) groups is 1. The van der Waals surface area contributed by atoms with E-state index in [-0.39, 0.29) is 23.4 Å². The second-order valence-corrected chi connectivity index (χ2v) is 9.93. The van der Waals surface area contributed by atoms with Crippen LogP contribution in [0.1, 0.15) is 25.0 Å². The SMILES string of the molecule is CC(C)N(C)S(=O)(=O)c1ccc(CNC(=O)/C=C/C2=Cc3cc(Cl)ccc3OC2)cc1. The van der Waals surface area contributed by atoms with Crippen LogP contribution in [0.15, 0.2) is 65.1 Å². The molecule has 0 atom stereocenters. The molecule has 2 aromatic carbocycles. The Morgan fingerprint density at radius 1 is 1.23 bits per heavy atom. The monoisotopic (exact) mass is 460 g/mol. The number of benzene rings is 2. The second kappa shape index (κ2) is 9.68. The minimum Gasteiger partial charge on any atom is -0.488 e. The van der Waals surface area contributed by atoms with Gasteiger partial charge in [-0.1, -0.05) is 29.8 Å². The van der Waals surface area contributed by atoms with Crippen LogP contribution >= 0.6 is 11.6 Å². The van der Waals surface area contributed by atoms with E-state index >= 15 is 0 Å². The van der Waals surface area contributed by atoms with E-state index in [2.05, 4.69) is 5.32 Å². The fourth-order valence-corrected chi connectivity index (χ4v) is 4.46. The van der Waals surface area contributed by atoms with E-state index in [0.29, 0.717) is 11.6 Å². The number of fused-ring (bicyclic) bond motifs is 1. The summed E-state index contributed by atoms with van der Waals surface area (Å²) < 4.78 is 32.0. The normalized spacial score (nSPS) is 13.8. The molecule has 8 heteroatoms. The number of halogens is 1. The van der Waals surface area contributed by atoms with Crippen molar-refractivity contribution < 1.29 is 17.9 Å². The lowest BCUT2D eigenvalue weighted by atomic mass is 10.1. The number of hydrogen-bond donors (Lipinski definition) is 1. The van der Waals surface area contributed by atoms with E-state index in [1.54, 1.807) is 43.5 Å². The molecule has 0 bridgehead atoms. The van der Waals surface area contributed by atoms with Gasteiger partial charge in [0.25, 0.3) is 0 Å². The number of amides is 1. The van der Waals surface area contributed by atoms with Crippen LogP contribution in [0, 0.1) is 0 Å². The van der Waals surface area contributed by atoms with E-state index in [9.17, 15) is 13.2 Å². The number of sulfonamides is 1. The predicted octanol–water partition coefficient (Wildman–Crippen LogP) is 4.02. The fraction of sp³-hybridized carbons (Fsp3) is 0.261. The molecule has 0 aliphatic carbocycles. The number of rotatable bonds is 7.